The number of aliphatic hydroxyl groups is 3. The summed E-state index contributed by atoms with van der Waals surface area (Å²) in [7, 11) is 0. The monoisotopic (exact) mass is 245 g/mol. The van der Waals surface area contributed by atoms with Crippen molar-refractivity contribution in [3.8, 4) is 0 Å². The fraction of sp³-hybridized carbons (Fsp3) is 0.727. The zero-order chi connectivity index (χ0) is 13.0. The zero-order valence-corrected chi connectivity index (χ0v) is 9.96. The van der Waals surface area contributed by atoms with Crippen LogP contribution in [0.3, 0.4) is 0 Å². The number of hydrogen-bond acceptors (Lipinski definition) is 5. The van der Waals surface area contributed by atoms with Gasteiger partial charge >= 0.3 is 0 Å². The van der Waals surface area contributed by atoms with Gasteiger partial charge in [0, 0.05) is 13.3 Å². The number of aliphatic hydroxyl groups excluding tert-OH is 3. The second-order valence-corrected chi connectivity index (χ2v) is 4.22. The number of nitrogens with one attached hydrogen (secondary N) is 1. The third-order valence-electron chi connectivity index (χ3n) is 2.60. The van der Waals surface area contributed by atoms with E-state index in [1.54, 1.807) is 6.92 Å². The maximum Gasteiger partial charge on any atom is 0.217 e. The zero-order valence-electron chi connectivity index (χ0n) is 9.96. The molecule has 0 aliphatic carbocycles. The van der Waals surface area contributed by atoms with Gasteiger partial charge in [0.15, 0.2) is 0 Å². The summed E-state index contributed by atoms with van der Waals surface area (Å²) in [5.41, 5.74) is 0. The molecule has 4 N–H and O–H groups in total. The van der Waals surface area contributed by atoms with Gasteiger partial charge < -0.3 is 25.4 Å². The van der Waals surface area contributed by atoms with E-state index in [0.717, 1.165) is 0 Å². The quantitative estimate of drug-likeness (QED) is 0.504. The van der Waals surface area contributed by atoms with E-state index in [-0.39, 0.29) is 18.9 Å². The normalized spacial score (nSPS) is 30.2. The Morgan fingerprint density at radius 3 is 2.82 bits per heavy atom. The van der Waals surface area contributed by atoms with Gasteiger partial charge in [-0.25, -0.2) is 0 Å². The van der Waals surface area contributed by atoms with Crippen LogP contribution in [0.2, 0.25) is 0 Å². The summed E-state index contributed by atoms with van der Waals surface area (Å²) >= 11 is 0. The Bertz CT molecular complexity index is 304. The molecule has 1 heterocycles. The molecule has 1 rings (SSSR count). The molecule has 0 fully saturated rings. The number of allylic oxidation sites excluding steroid dienone is 1. The maximum atomic E-state index is 11.0. The Kier molecular flexibility index (Phi) is 4.92. The summed E-state index contributed by atoms with van der Waals surface area (Å²) in [5, 5.41) is 30.6. The Balaban J connectivity index is 2.75. The molecule has 1 aliphatic heterocycles. The number of ether oxygens (including phenoxy) is 1. The number of amides is 1. The van der Waals surface area contributed by atoms with E-state index in [1.807, 2.05) is 0 Å². The Hall–Kier alpha value is -1.11. The Morgan fingerprint density at radius 2 is 2.29 bits per heavy atom. The molecule has 0 aromatic rings. The summed E-state index contributed by atoms with van der Waals surface area (Å²) in [5.74, 6) is 0.253. The predicted octanol–water partition coefficient (Wildman–Crippen LogP) is -1.10. The number of carbonyl (C=O) groups is 1. The molecule has 4 atom stereocenters. The lowest BCUT2D eigenvalue weighted by molar-refractivity contribution is -0.122. The molecule has 0 bridgehead atoms. The topological polar surface area (TPSA) is 99.0 Å². The molecule has 0 saturated heterocycles. The van der Waals surface area contributed by atoms with E-state index in [4.69, 9.17) is 9.84 Å². The van der Waals surface area contributed by atoms with Crippen LogP contribution in [0.5, 0.6) is 0 Å². The molecular weight excluding hydrogens is 226 g/mol. The highest BCUT2D eigenvalue weighted by molar-refractivity contribution is 5.73. The van der Waals surface area contributed by atoms with Crippen molar-refractivity contribution in [1.82, 2.24) is 5.32 Å². The van der Waals surface area contributed by atoms with Crippen LogP contribution >= 0.6 is 0 Å². The van der Waals surface area contributed by atoms with E-state index in [9.17, 15) is 15.0 Å². The second-order valence-electron chi connectivity index (χ2n) is 4.22. The van der Waals surface area contributed by atoms with Crippen molar-refractivity contribution in [1.29, 1.82) is 0 Å². The smallest absolute Gasteiger partial charge is 0.217 e. The van der Waals surface area contributed by atoms with Crippen LogP contribution in [-0.2, 0) is 9.53 Å². The maximum absolute atomic E-state index is 11.0. The van der Waals surface area contributed by atoms with E-state index in [1.165, 1.54) is 13.0 Å². The van der Waals surface area contributed by atoms with Crippen molar-refractivity contribution < 1.29 is 24.9 Å². The molecule has 6 heteroatoms. The lowest BCUT2D eigenvalue weighted by Gasteiger charge is -2.35. The number of carbonyl (C=O) groups excluding carboxylic acids is 1. The summed E-state index contributed by atoms with van der Waals surface area (Å²) < 4.78 is 5.46. The minimum Gasteiger partial charge on any atom is -0.493 e. The molecule has 98 valence electrons. The molecule has 0 spiro atoms. The molecule has 1 aliphatic rings. The van der Waals surface area contributed by atoms with Gasteiger partial charge in [-0.1, -0.05) is 0 Å². The van der Waals surface area contributed by atoms with E-state index < -0.39 is 24.4 Å². The van der Waals surface area contributed by atoms with Gasteiger partial charge in [-0.15, -0.1) is 0 Å². The van der Waals surface area contributed by atoms with Crippen LogP contribution in [0.4, 0.5) is 0 Å². The number of hydrogen-bond donors (Lipinski definition) is 4. The minimum absolute atomic E-state index is 0.143. The second kappa shape index (κ2) is 6.00. The highest BCUT2D eigenvalue weighted by Gasteiger charge is 2.34. The molecule has 0 aromatic carbocycles. The van der Waals surface area contributed by atoms with Crippen LogP contribution < -0.4 is 5.32 Å². The van der Waals surface area contributed by atoms with Crippen molar-refractivity contribution in [2.24, 2.45) is 0 Å². The van der Waals surface area contributed by atoms with Crippen molar-refractivity contribution in [2.45, 2.75) is 44.6 Å². The Morgan fingerprint density at radius 1 is 1.65 bits per heavy atom. The fourth-order valence-electron chi connectivity index (χ4n) is 1.87. The van der Waals surface area contributed by atoms with Gasteiger partial charge in [0.1, 0.15) is 6.10 Å². The lowest BCUT2D eigenvalue weighted by Crippen LogP contribution is -2.53. The van der Waals surface area contributed by atoms with E-state index in [2.05, 4.69) is 5.32 Å². The molecule has 0 aromatic heterocycles. The third-order valence-corrected chi connectivity index (χ3v) is 2.60. The standard InChI is InChI=1S/C11H19NO5/c1-6-3-9(16)11(12-7(2)14)10(17-6)4-8(15)5-13/h3,8-11,13,15-16H,4-5H2,1-2H3,(H,12,14)/t8-,9+,10?,11+/m0/s1. The third kappa shape index (κ3) is 3.99. The Labute approximate surface area is 99.9 Å². The van der Waals surface area contributed by atoms with Crippen LogP contribution in [0, 0.1) is 0 Å². The molecule has 0 radical (unpaired) electrons. The van der Waals surface area contributed by atoms with Gasteiger partial charge in [-0.3, -0.25) is 4.79 Å². The molecule has 1 unspecified atom stereocenters. The van der Waals surface area contributed by atoms with Crippen molar-refractivity contribution in [3.05, 3.63) is 11.8 Å². The van der Waals surface area contributed by atoms with E-state index >= 15 is 0 Å². The highest BCUT2D eigenvalue weighted by Crippen LogP contribution is 2.21. The molecule has 0 saturated carbocycles. The SMILES string of the molecule is CC(=O)N[C@H]1C(C[C@H](O)CO)OC(C)=C[C@H]1O. The molecule has 1 amide bonds. The minimum atomic E-state index is -0.936. The first-order valence-electron chi connectivity index (χ1n) is 5.53. The summed E-state index contributed by atoms with van der Waals surface area (Å²) in [4.78, 5) is 11.0. The van der Waals surface area contributed by atoms with Crippen molar-refractivity contribution in [2.75, 3.05) is 6.61 Å². The largest absolute Gasteiger partial charge is 0.493 e. The first kappa shape index (κ1) is 14.0. The fourth-order valence-corrected chi connectivity index (χ4v) is 1.87. The first-order valence-corrected chi connectivity index (χ1v) is 5.53. The molecular formula is C11H19NO5. The number of rotatable bonds is 4. The van der Waals surface area contributed by atoms with Gasteiger partial charge in [-0.05, 0) is 13.0 Å². The first-order chi connectivity index (χ1) is 7.93. The van der Waals surface area contributed by atoms with Gasteiger partial charge in [-0.2, -0.15) is 0 Å². The van der Waals surface area contributed by atoms with Gasteiger partial charge in [0.2, 0.25) is 5.91 Å². The van der Waals surface area contributed by atoms with Crippen molar-refractivity contribution >= 4 is 5.91 Å². The lowest BCUT2D eigenvalue weighted by atomic mass is 9.96. The van der Waals surface area contributed by atoms with Crippen molar-refractivity contribution in [3.63, 3.8) is 0 Å². The van der Waals surface area contributed by atoms with Crippen LogP contribution in [0.1, 0.15) is 20.3 Å². The molecule has 6 nitrogen and oxygen atoms in total. The summed E-state index contributed by atoms with van der Waals surface area (Å²) in [6, 6.07) is -0.614. The predicted molar refractivity (Wildman–Crippen MR) is 60.0 cm³/mol. The highest BCUT2D eigenvalue weighted by atomic mass is 16.5. The van der Waals surface area contributed by atoms with E-state index in [0.29, 0.717) is 5.76 Å². The van der Waals surface area contributed by atoms with Gasteiger partial charge in [0.05, 0.1) is 30.6 Å². The van der Waals surface area contributed by atoms with Crippen LogP contribution in [-0.4, -0.2) is 52.2 Å². The summed E-state index contributed by atoms with van der Waals surface area (Å²) in [6.45, 7) is 2.65. The van der Waals surface area contributed by atoms with Crippen LogP contribution in [0.25, 0.3) is 0 Å². The average Bonchev–Trinajstić information content (AvgIpc) is 2.22. The average molecular weight is 245 g/mol. The van der Waals surface area contributed by atoms with Gasteiger partial charge in [0.25, 0.3) is 0 Å². The van der Waals surface area contributed by atoms with Crippen LogP contribution in [0.15, 0.2) is 11.8 Å². The summed E-state index contributed by atoms with van der Waals surface area (Å²) in [6.07, 6.45) is -0.703. The molecule has 17 heavy (non-hydrogen) atoms.